The first kappa shape index (κ1) is 23.9. The van der Waals surface area contributed by atoms with E-state index in [0.717, 1.165) is 12.1 Å². The zero-order valence-electron chi connectivity index (χ0n) is 15.0. The van der Waals surface area contributed by atoms with E-state index in [-0.39, 0.29) is 28.5 Å². The zero-order valence-corrected chi connectivity index (χ0v) is 15.8. The van der Waals surface area contributed by atoms with Gasteiger partial charge in [-0.2, -0.15) is 8.42 Å². The average molecular weight is 432 g/mol. The Bertz CT molecular complexity index is 1190. The molecule has 0 atom stereocenters. The standard InChI is InChI=1S/C17H12N4O8S/c1-20-13(9-18)11-8-16(28-5-6-29-30(24,25)26)12(14(10-19)21-2)7-15(11)27-4-3-17(22)23/h7-8H,3-6H2,(H,22,23)(H,24,25,26). The predicted molar refractivity (Wildman–Crippen MR) is 97.7 cm³/mol. The topological polar surface area (TPSA) is 176 Å². The Hall–Kier alpha value is -4.14. The summed E-state index contributed by atoms with van der Waals surface area (Å²) in [6, 6.07) is 5.53. The van der Waals surface area contributed by atoms with Crippen LogP contribution in [0.5, 0.6) is 11.5 Å². The predicted octanol–water partition coefficient (Wildman–Crippen LogP) is -0.160. The monoisotopic (exact) mass is 432 g/mol. The zero-order chi connectivity index (χ0) is 22.7. The third kappa shape index (κ3) is 7.12. The van der Waals surface area contributed by atoms with Gasteiger partial charge in [0.2, 0.25) is 0 Å². The molecular formula is C17H12N4O8S. The number of carboxylic acid groups (broad SMARTS) is 1. The molecule has 0 heterocycles. The van der Waals surface area contributed by atoms with E-state index < -0.39 is 47.4 Å². The highest BCUT2D eigenvalue weighted by molar-refractivity contribution is 7.80. The summed E-state index contributed by atoms with van der Waals surface area (Å²) in [6.07, 6.45) is -0.391. The number of carboxylic acids is 1. The fourth-order valence-corrected chi connectivity index (χ4v) is 2.28. The average Bonchev–Trinajstić information content (AvgIpc) is 2.68. The van der Waals surface area contributed by atoms with Gasteiger partial charge in [0.25, 0.3) is 11.4 Å². The minimum absolute atomic E-state index is 0.0883. The Labute approximate surface area is 170 Å². The first-order valence-electron chi connectivity index (χ1n) is 7.73. The molecule has 0 aliphatic heterocycles. The Kier molecular flexibility index (Phi) is 8.77. The van der Waals surface area contributed by atoms with Gasteiger partial charge in [-0.1, -0.05) is 0 Å². The van der Waals surface area contributed by atoms with E-state index in [1.807, 2.05) is 0 Å². The van der Waals surface area contributed by atoms with Crippen LogP contribution in [0, 0.1) is 35.8 Å². The van der Waals surface area contributed by atoms with Gasteiger partial charge in [-0.15, -0.1) is 0 Å². The van der Waals surface area contributed by atoms with Gasteiger partial charge in [0.15, 0.2) is 0 Å². The Balaban J connectivity index is 3.60. The van der Waals surface area contributed by atoms with Crippen LogP contribution in [0.4, 0.5) is 0 Å². The number of ether oxygens (including phenoxy) is 2. The molecule has 0 spiro atoms. The minimum atomic E-state index is -4.71. The number of nitrogens with zero attached hydrogens (tertiary/aromatic N) is 4. The number of benzene rings is 1. The second kappa shape index (κ2) is 11.0. The van der Waals surface area contributed by atoms with E-state index in [1.54, 1.807) is 12.1 Å². The molecule has 0 saturated heterocycles. The van der Waals surface area contributed by atoms with Crippen molar-refractivity contribution in [1.29, 1.82) is 10.5 Å². The lowest BCUT2D eigenvalue weighted by atomic mass is 10.1. The van der Waals surface area contributed by atoms with Crippen molar-refractivity contribution in [2.24, 2.45) is 0 Å². The summed E-state index contributed by atoms with van der Waals surface area (Å²) in [5, 5.41) is 26.9. The SMILES string of the molecule is [C-]#[N+]C(C#N)=c1cc(OCCC(=O)O)c(=C(C#N)[N+]#[C-])cc1OCCOS(=O)(=O)O. The summed E-state index contributed by atoms with van der Waals surface area (Å²) in [5.74, 6) is -1.45. The fourth-order valence-electron chi connectivity index (χ4n) is 2.00. The molecule has 0 aromatic heterocycles. The van der Waals surface area contributed by atoms with Crippen molar-refractivity contribution in [3.63, 3.8) is 0 Å². The summed E-state index contributed by atoms with van der Waals surface area (Å²) in [7, 11) is -4.71. The number of aliphatic carboxylic acids is 1. The maximum Gasteiger partial charge on any atom is 0.397 e. The largest absolute Gasteiger partial charge is 0.494 e. The van der Waals surface area contributed by atoms with Crippen LogP contribution in [0.25, 0.3) is 21.1 Å². The van der Waals surface area contributed by atoms with Gasteiger partial charge in [0, 0.05) is 10.4 Å². The molecule has 30 heavy (non-hydrogen) atoms. The highest BCUT2D eigenvalue weighted by Gasteiger charge is 2.13. The van der Waals surface area contributed by atoms with E-state index in [4.69, 9.17) is 32.3 Å². The minimum Gasteiger partial charge on any atom is -0.494 e. The molecule has 0 fully saturated rings. The van der Waals surface area contributed by atoms with Crippen LogP contribution >= 0.6 is 0 Å². The van der Waals surface area contributed by atoms with Crippen LogP contribution in [0.15, 0.2) is 12.1 Å². The molecule has 1 rings (SSSR count). The molecule has 12 nitrogen and oxygen atoms in total. The Morgan fingerprint density at radius 1 is 1.00 bits per heavy atom. The third-order valence-electron chi connectivity index (χ3n) is 3.17. The molecule has 2 N–H and O–H groups in total. The molecule has 0 aliphatic carbocycles. The van der Waals surface area contributed by atoms with Crippen molar-refractivity contribution in [2.75, 3.05) is 19.8 Å². The van der Waals surface area contributed by atoms with Crippen molar-refractivity contribution >= 4 is 27.8 Å². The third-order valence-corrected chi connectivity index (χ3v) is 3.64. The van der Waals surface area contributed by atoms with Crippen molar-refractivity contribution in [3.05, 3.63) is 45.4 Å². The van der Waals surface area contributed by atoms with Crippen molar-refractivity contribution in [3.8, 4) is 23.6 Å². The molecule has 1 aromatic carbocycles. The highest BCUT2D eigenvalue weighted by Crippen LogP contribution is 2.13. The maximum atomic E-state index is 10.7. The molecule has 0 aliphatic rings. The molecule has 0 saturated carbocycles. The lowest BCUT2D eigenvalue weighted by Crippen LogP contribution is -2.22. The van der Waals surface area contributed by atoms with E-state index >= 15 is 0 Å². The molecular weight excluding hydrogens is 420 g/mol. The Morgan fingerprint density at radius 3 is 1.83 bits per heavy atom. The lowest BCUT2D eigenvalue weighted by molar-refractivity contribution is -0.137. The van der Waals surface area contributed by atoms with Crippen LogP contribution in [-0.4, -0.2) is 43.9 Å². The van der Waals surface area contributed by atoms with E-state index in [2.05, 4.69) is 13.9 Å². The van der Waals surface area contributed by atoms with Crippen LogP contribution in [-0.2, 0) is 19.4 Å². The summed E-state index contributed by atoms with van der Waals surface area (Å²) < 4.78 is 44.5. The molecule has 0 amide bonds. The fraction of sp³-hybridized carbons (Fsp3) is 0.235. The number of carbonyl (C=O) groups is 1. The summed E-state index contributed by atoms with van der Waals surface area (Å²) >= 11 is 0. The van der Waals surface area contributed by atoms with Crippen molar-refractivity contribution in [1.82, 2.24) is 0 Å². The molecule has 0 bridgehead atoms. The number of hydrogen-bond acceptors (Lipinski definition) is 8. The molecule has 0 unspecified atom stereocenters. The second-order valence-electron chi connectivity index (χ2n) is 5.08. The highest BCUT2D eigenvalue weighted by atomic mass is 32.3. The van der Waals surface area contributed by atoms with Gasteiger partial charge in [0.1, 0.15) is 24.7 Å². The maximum absolute atomic E-state index is 10.7. The van der Waals surface area contributed by atoms with Gasteiger partial charge in [-0.05, 0) is 12.1 Å². The summed E-state index contributed by atoms with van der Waals surface area (Å²) in [4.78, 5) is 16.8. The van der Waals surface area contributed by atoms with Crippen LogP contribution in [0.1, 0.15) is 6.42 Å². The van der Waals surface area contributed by atoms with Gasteiger partial charge >= 0.3 is 16.4 Å². The van der Waals surface area contributed by atoms with E-state index in [0.29, 0.717) is 0 Å². The van der Waals surface area contributed by atoms with Crippen LogP contribution in [0.3, 0.4) is 0 Å². The Morgan fingerprint density at radius 2 is 1.47 bits per heavy atom. The number of hydrogen-bond donors (Lipinski definition) is 2. The molecule has 0 radical (unpaired) electrons. The van der Waals surface area contributed by atoms with Gasteiger partial charge < -0.3 is 14.6 Å². The summed E-state index contributed by atoms with van der Waals surface area (Å²) in [5.41, 5.74) is -0.885. The smallest absolute Gasteiger partial charge is 0.397 e. The molecule has 1 aromatic rings. The molecule has 154 valence electrons. The number of nitriles is 2. The first-order valence-corrected chi connectivity index (χ1v) is 9.10. The molecule has 13 heteroatoms. The quantitative estimate of drug-likeness (QED) is 0.303. The van der Waals surface area contributed by atoms with Gasteiger partial charge in [-0.3, -0.25) is 9.35 Å². The van der Waals surface area contributed by atoms with Gasteiger partial charge in [-0.25, -0.2) is 24.4 Å². The van der Waals surface area contributed by atoms with Crippen molar-refractivity contribution in [2.45, 2.75) is 6.42 Å². The van der Waals surface area contributed by atoms with E-state index in [1.165, 1.54) is 0 Å². The normalized spacial score (nSPS) is 12.3. The number of rotatable bonds is 9. The van der Waals surface area contributed by atoms with E-state index in [9.17, 15) is 23.7 Å². The lowest BCUT2D eigenvalue weighted by Gasteiger charge is -2.11. The first-order chi connectivity index (χ1) is 14.2. The van der Waals surface area contributed by atoms with Crippen LogP contribution in [0.2, 0.25) is 0 Å². The van der Waals surface area contributed by atoms with Crippen LogP contribution < -0.4 is 19.9 Å². The van der Waals surface area contributed by atoms with Gasteiger partial charge in [0.05, 0.1) is 38.3 Å². The summed E-state index contributed by atoms with van der Waals surface area (Å²) in [6.45, 7) is 12.9. The van der Waals surface area contributed by atoms with Crippen molar-refractivity contribution < 1.29 is 36.5 Å². The second-order valence-corrected chi connectivity index (χ2v) is 6.17.